The van der Waals surface area contributed by atoms with Gasteiger partial charge in [-0.15, -0.1) is 0 Å². The van der Waals surface area contributed by atoms with Gasteiger partial charge in [0.15, 0.2) is 0 Å². The first kappa shape index (κ1) is 13.0. The lowest BCUT2D eigenvalue weighted by Crippen LogP contribution is -2.34. The molecule has 1 N–H and O–H groups in total. The summed E-state index contributed by atoms with van der Waals surface area (Å²) in [5.41, 5.74) is 0. The zero-order chi connectivity index (χ0) is 10.9. The fraction of sp³-hybridized carbons (Fsp3) is 1.00. The van der Waals surface area contributed by atoms with Crippen LogP contribution in [0.15, 0.2) is 0 Å². The summed E-state index contributed by atoms with van der Waals surface area (Å²) in [5, 5.41) is 3.61. The molecule has 1 fully saturated rings. The molecule has 0 aromatic heterocycles. The molecule has 0 radical (unpaired) electrons. The number of hydrogen-bond acceptors (Lipinski definition) is 2. The number of hydrogen-bond donors (Lipinski definition) is 1. The Morgan fingerprint density at radius 3 is 2.47 bits per heavy atom. The number of likely N-dealkylation sites (N-methyl/N-ethyl adjacent to an activating group) is 1. The maximum atomic E-state index is 3.61. The van der Waals surface area contributed by atoms with Crippen LogP contribution in [0.4, 0.5) is 0 Å². The Labute approximate surface area is 95.4 Å². The van der Waals surface area contributed by atoms with Crippen LogP contribution in [-0.4, -0.2) is 37.6 Å². The Balaban J connectivity index is 1.94. The highest BCUT2D eigenvalue weighted by Crippen LogP contribution is 2.23. The van der Waals surface area contributed by atoms with Crippen LogP contribution in [0.25, 0.3) is 0 Å². The van der Waals surface area contributed by atoms with Gasteiger partial charge in [0.1, 0.15) is 0 Å². The van der Waals surface area contributed by atoms with E-state index in [1.807, 2.05) is 0 Å². The van der Waals surface area contributed by atoms with Crippen molar-refractivity contribution < 1.29 is 0 Å². The molecule has 90 valence electrons. The van der Waals surface area contributed by atoms with Crippen LogP contribution in [0, 0.1) is 5.92 Å². The summed E-state index contributed by atoms with van der Waals surface area (Å²) >= 11 is 0. The number of nitrogens with zero attached hydrogens (tertiary/aromatic N) is 1. The normalized spacial score (nSPS) is 17.8. The molecular formula is C13H28N2. The number of rotatable bonds is 8. The van der Waals surface area contributed by atoms with Crippen molar-refractivity contribution in [1.29, 1.82) is 0 Å². The summed E-state index contributed by atoms with van der Waals surface area (Å²) in [5.74, 6) is 0.978. The molecule has 0 spiro atoms. The zero-order valence-electron chi connectivity index (χ0n) is 10.6. The minimum atomic E-state index is 0.978. The monoisotopic (exact) mass is 212 g/mol. The van der Waals surface area contributed by atoms with Gasteiger partial charge in [-0.1, -0.05) is 26.7 Å². The highest BCUT2D eigenvalue weighted by Gasteiger charge is 2.13. The highest BCUT2D eigenvalue weighted by molar-refractivity contribution is 4.69. The van der Waals surface area contributed by atoms with Crippen molar-refractivity contribution in [3.8, 4) is 0 Å². The second-order valence-corrected chi connectivity index (χ2v) is 4.79. The molecular weight excluding hydrogens is 184 g/mol. The molecule has 0 aliphatic heterocycles. The molecule has 2 heteroatoms. The third kappa shape index (κ3) is 5.53. The van der Waals surface area contributed by atoms with Crippen LogP contribution in [-0.2, 0) is 0 Å². The van der Waals surface area contributed by atoms with Gasteiger partial charge in [0.05, 0.1) is 0 Å². The second-order valence-electron chi connectivity index (χ2n) is 4.79. The minimum absolute atomic E-state index is 0.978. The molecule has 1 rings (SSSR count). The Bertz CT molecular complexity index is 141. The van der Waals surface area contributed by atoms with Gasteiger partial charge < -0.3 is 10.2 Å². The lowest BCUT2D eigenvalue weighted by Gasteiger charge is -2.20. The molecule has 0 bridgehead atoms. The van der Waals surface area contributed by atoms with E-state index in [0.717, 1.165) is 5.92 Å². The summed E-state index contributed by atoms with van der Waals surface area (Å²) in [6.45, 7) is 10.6. The molecule has 0 heterocycles. The van der Waals surface area contributed by atoms with Crippen LogP contribution < -0.4 is 5.32 Å². The van der Waals surface area contributed by atoms with E-state index >= 15 is 0 Å². The van der Waals surface area contributed by atoms with Gasteiger partial charge in [0.2, 0.25) is 0 Å². The fourth-order valence-corrected chi connectivity index (χ4v) is 2.50. The van der Waals surface area contributed by atoms with E-state index in [2.05, 4.69) is 24.1 Å². The average molecular weight is 212 g/mol. The summed E-state index contributed by atoms with van der Waals surface area (Å²) < 4.78 is 0. The molecule has 0 atom stereocenters. The lowest BCUT2D eigenvalue weighted by atomic mass is 10.1. The average Bonchev–Trinajstić information content (AvgIpc) is 2.75. The quantitative estimate of drug-likeness (QED) is 0.622. The Hall–Kier alpha value is -0.0800. The lowest BCUT2D eigenvalue weighted by molar-refractivity contribution is 0.285. The van der Waals surface area contributed by atoms with Crippen molar-refractivity contribution in [3.63, 3.8) is 0 Å². The molecule has 15 heavy (non-hydrogen) atoms. The van der Waals surface area contributed by atoms with Gasteiger partial charge in [0, 0.05) is 13.1 Å². The van der Waals surface area contributed by atoms with E-state index in [1.54, 1.807) is 0 Å². The van der Waals surface area contributed by atoms with Crippen LogP contribution in [0.1, 0.15) is 46.0 Å². The molecule has 0 saturated heterocycles. The van der Waals surface area contributed by atoms with Gasteiger partial charge in [-0.25, -0.2) is 0 Å². The molecule has 1 aliphatic rings. The molecule has 0 unspecified atom stereocenters. The van der Waals surface area contributed by atoms with E-state index < -0.39 is 0 Å². The van der Waals surface area contributed by atoms with Crippen LogP contribution in [0.5, 0.6) is 0 Å². The zero-order valence-corrected chi connectivity index (χ0v) is 10.6. The first-order valence-electron chi connectivity index (χ1n) is 6.79. The first-order valence-corrected chi connectivity index (χ1v) is 6.79. The van der Waals surface area contributed by atoms with E-state index in [-0.39, 0.29) is 0 Å². The second kappa shape index (κ2) is 8.12. The molecule has 1 saturated carbocycles. The topological polar surface area (TPSA) is 15.3 Å². The largest absolute Gasteiger partial charge is 0.315 e. The molecule has 2 nitrogen and oxygen atoms in total. The molecule has 1 aliphatic carbocycles. The van der Waals surface area contributed by atoms with Crippen molar-refractivity contribution in [2.45, 2.75) is 46.0 Å². The predicted molar refractivity (Wildman–Crippen MR) is 67.2 cm³/mol. The van der Waals surface area contributed by atoms with E-state index in [9.17, 15) is 0 Å². The Kier molecular flexibility index (Phi) is 7.03. The Morgan fingerprint density at radius 2 is 1.87 bits per heavy atom. The maximum absolute atomic E-state index is 3.61. The third-order valence-corrected chi connectivity index (χ3v) is 3.50. The van der Waals surface area contributed by atoms with Crippen molar-refractivity contribution in [2.24, 2.45) is 5.92 Å². The van der Waals surface area contributed by atoms with Crippen LogP contribution in [0.2, 0.25) is 0 Å². The van der Waals surface area contributed by atoms with Gasteiger partial charge in [-0.05, 0) is 44.8 Å². The Morgan fingerprint density at radius 1 is 1.13 bits per heavy atom. The number of nitrogens with one attached hydrogen (secondary N) is 1. The molecule has 0 amide bonds. The summed E-state index contributed by atoms with van der Waals surface area (Å²) in [4.78, 5) is 2.53. The minimum Gasteiger partial charge on any atom is -0.315 e. The smallest absolute Gasteiger partial charge is 0.0107 e. The van der Waals surface area contributed by atoms with E-state index in [1.165, 1.54) is 64.8 Å². The predicted octanol–water partition coefficient (Wildman–Crippen LogP) is 2.50. The van der Waals surface area contributed by atoms with E-state index in [4.69, 9.17) is 0 Å². The van der Waals surface area contributed by atoms with Crippen molar-refractivity contribution in [1.82, 2.24) is 10.2 Å². The van der Waals surface area contributed by atoms with Gasteiger partial charge >= 0.3 is 0 Å². The van der Waals surface area contributed by atoms with Crippen molar-refractivity contribution >= 4 is 0 Å². The maximum Gasteiger partial charge on any atom is 0.0107 e. The first-order chi connectivity index (χ1) is 7.36. The van der Waals surface area contributed by atoms with Gasteiger partial charge in [0.25, 0.3) is 0 Å². The molecule has 0 aromatic rings. The van der Waals surface area contributed by atoms with Crippen LogP contribution in [0.3, 0.4) is 0 Å². The highest BCUT2D eigenvalue weighted by atomic mass is 15.1. The fourth-order valence-electron chi connectivity index (χ4n) is 2.50. The standard InChI is InChI=1S/C13H28N2/c1-3-10-15(4-2)11-9-14-12-13-7-5-6-8-13/h13-14H,3-12H2,1-2H3. The van der Waals surface area contributed by atoms with E-state index in [0.29, 0.717) is 0 Å². The van der Waals surface area contributed by atoms with Gasteiger partial charge in [-0.2, -0.15) is 0 Å². The SMILES string of the molecule is CCCN(CC)CCNCC1CCCC1. The van der Waals surface area contributed by atoms with Crippen molar-refractivity contribution in [2.75, 3.05) is 32.7 Å². The van der Waals surface area contributed by atoms with Crippen molar-refractivity contribution in [3.05, 3.63) is 0 Å². The third-order valence-electron chi connectivity index (χ3n) is 3.50. The summed E-state index contributed by atoms with van der Waals surface area (Å²) in [7, 11) is 0. The summed E-state index contributed by atoms with van der Waals surface area (Å²) in [6, 6.07) is 0. The molecule has 0 aromatic carbocycles. The van der Waals surface area contributed by atoms with Crippen LogP contribution >= 0.6 is 0 Å². The summed E-state index contributed by atoms with van der Waals surface area (Å²) in [6.07, 6.45) is 7.11. The van der Waals surface area contributed by atoms with Gasteiger partial charge in [-0.3, -0.25) is 0 Å².